The molecular weight excluding hydrogens is 443 g/mol. The summed E-state index contributed by atoms with van der Waals surface area (Å²) in [5.74, 6) is -0.561. The molecule has 3 aromatic carbocycles. The molecule has 1 heterocycles. The van der Waals surface area contributed by atoms with Crippen LogP contribution in [0.3, 0.4) is 0 Å². The Labute approximate surface area is 184 Å². The number of rotatable bonds is 5. The van der Waals surface area contributed by atoms with Crippen molar-refractivity contribution in [3.63, 3.8) is 0 Å². The van der Waals surface area contributed by atoms with Gasteiger partial charge in [0.25, 0.3) is 15.9 Å². The van der Waals surface area contributed by atoms with Gasteiger partial charge in [0, 0.05) is 11.6 Å². The maximum Gasteiger partial charge on any atom is 0.264 e. The number of halogens is 2. The first-order chi connectivity index (χ1) is 14.8. The normalized spacial score (nSPS) is 15.7. The molecule has 1 N–H and O–H groups in total. The van der Waals surface area contributed by atoms with E-state index in [4.69, 9.17) is 16.3 Å². The Kier molecular flexibility index (Phi) is 5.84. The van der Waals surface area contributed by atoms with Gasteiger partial charge in [0.05, 0.1) is 17.1 Å². The van der Waals surface area contributed by atoms with Gasteiger partial charge in [0.15, 0.2) is 6.10 Å². The van der Waals surface area contributed by atoms with Crippen molar-refractivity contribution >= 4 is 33.2 Å². The molecule has 160 valence electrons. The zero-order chi connectivity index (χ0) is 22.0. The summed E-state index contributed by atoms with van der Waals surface area (Å²) in [5, 5.41) is 3.13. The average Bonchev–Trinajstić information content (AvgIpc) is 2.78. The number of nitrogens with one attached hydrogen (secondary N) is 1. The van der Waals surface area contributed by atoms with Crippen molar-refractivity contribution in [1.29, 1.82) is 0 Å². The third-order valence-corrected chi connectivity index (χ3v) is 6.85. The number of fused-ring (bicyclic) bond motifs is 1. The van der Waals surface area contributed by atoms with E-state index in [2.05, 4.69) is 5.32 Å². The Balaban J connectivity index is 1.58. The van der Waals surface area contributed by atoms with Crippen LogP contribution < -0.4 is 14.4 Å². The van der Waals surface area contributed by atoms with Gasteiger partial charge in [-0.2, -0.15) is 0 Å². The highest BCUT2D eigenvalue weighted by Crippen LogP contribution is 2.36. The molecule has 0 saturated heterocycles. The summed E-state index contributed by atoms with van der Waals surface area (Å²) in [6, 6.07) is 18.2. The molecule has 0 fully saturated rings. The fraction of sp³-hybridized carbons (Fsp3) is 0.136. The molecule has 0 aliphatic carbocycles. The smallest absolute Gasteiger partial charge is 0.264 e. The van der Waals surface area contributed by atoms with Crippen LogP contribution in [0.15, 0.2) is 77.7 Å². The minimum absolute atomic E-state index is 0.0547. The van der Waals surface area contributed by atoms with Crippen molar-refractivity contribution in [3.8, 4) is 5.75 Å². The average molecular weight is 461 g/mol. The lowest BCUT2D eigenvalue weighted by atomic mass is 10.2. The van der Waals surface area contributed by atoms with Gasteiger partial charge in [0.1, 0.15) is 11.6 Å². The standard InChI is InChI=1S/C22H18ClFN2O4S/c23-16-7-11-18(12-8-16)31(28,29)26-14-21(30-20-4-2-1-3-19(20)26)22(27)25-13-15-5-9-17(24)10-6-15/h1-12,21H,13-14H2,(H,25,27)/t21-/m1/s1. The van der Waals surface area contributed by atoms with Crippen LogP contribution in [0.25, 0.3) is 0 Å². The lowest BCUT2D eigenvalue weighted by molar-refractivity contribution is -0.127. The lowest BCUT2D eigenvalue weighted by Gasteiger charge is -2.34. The van der Waals surface area contributed by atoms with Gasteiger partial charge in [-0.1, -0.05) is 35.9 Å². The first-order valence-corrected chi connectivity index (χ1v) is 11.2. The van der Waals surface area contributed by atoms with E-state index < -0.39 is 22.0 Å². The van der Waals surface area contributed by atoms with Gasteiger partial charge in [-0.15, -0.1) is 0 Å². The molecule has 1 atom stereocenters. The second kappa shape index (κ2) is 8.56. The second-order valence-corrected chi connectivity index (χ2v) is 9.21. The van der Waals surface area contributed by atoms with E-state index in [9.17, 15) is 17.6 Å². The van der Waals surface area contributed by atoms with E-state index in [0.717, 1.165) is 4.31 Å². The third kappa shape index (κ3) is 4.50. The van der Waals surface area contributed by atoms with Crippen LogP contribution in [0.1, 0.15) is 5.56 Å². The number of hydrogen-bond donors (Lipinski definition) is 1. The summed E-state index contributed by atoms with van der Waals surface area (Å²) in [5.41, 5.74) is 1.05. The van der Waals surface area contributed by atoms with Crippen molar-refractivity contribution in [3.05, 3.63) is 89.2 Å². The molecule has 0 saturated carbocycles. The van der Waals surface area contributed by atoms with Crippen molar-refractivity contribution in [2.24, 2.45) is 0 Å². The summed E-state index contributed by atoms with van der Waals surface area (Å²) in [6.07, 6.45) is -1.06. The molecule has 1 aliphatic rings. The number of nitrogens with zero attached hydrogens (tertiary/aromatic N) is 1. The largest absolute Gasteiger partial charge is 0.476 e. The quantitative estimate of drug-likeness (QED) is 0.629. The SMILES string of the molecule is O=C(NCc1ccc(F)cc1)[C@H]1CN(S(=O)(=O)c2ccc(Cl)cc2)c2ccccc2O1. The number of amides is 1. The molecule has 31 heavy (non-hydrogen) atoms. The highest BCUT2D eigenvalue weighted by molar-refractivity contribution is 7.92. The highest BCUT2D eigenvalue weighted by Gasteiger charge is 2.37. The minimum atomic E-state index is -3.96. The summed E-state index contributed by atoms with van der Waals surface area (Å²) in [6.45, 7) is -0.0399. The van der Waals surface area contributed by atoms with Crippen molar-refractivity contribution in [2.75, 3.05) is 10.8 Å². The number of sulfonamides is 1. The van der Waals surface area contributed by atoms with Crippen molar-refractivity contribution in [2.45, 2.75) is 17.5 Å². The predicted octanol–water partition coefficient (Wildman–Crippen LogP) is 3.75. The Hall–Kier alpha value is -3.10. The third-order valence-electron chi connectivity index (χ3n) is 4.81. The summed E-state index contributed by atoms with van der Waals surface area (Å²) >= 11 is 5.89. The molecule has 0 bridgehead atoms. The van der Waals surface area contributed by atoms with E-state index in [-0.39, 0.29) is 29.6 Å². The van der Waals surface area contributed by atoms with Crippen LogP contribution >= 0.6 is 11.6 Å². The Morgan fingerprint density at radius 2 is 1.74 bits per heavy atom. The van der Waals surface area contributed by atoms with Gasteiger partial charge in [-0.05, 0) is 54.1 Å². The number of carbonyl (C=O) groups excluding carboxylic acids is 1. The zero-order valence-electron chi connectivity index (χ0n) is 16.2. The van der Waals surface area contributed by atoms with Crippen LogP contribution in [0.2, 0.25) is 5.02 Å². The molecule has 0 radical (unpaired) electrons. The summed E-state index contributed by atoms with van der Waals surface area (Å²) in [7, 11) is -3.96. The number of para-hydroxylation sites is 2. The molecule has 1 aliphatic heterocycles. The molecule has 6 nitrogen and oxygen atoms in total. The molecule has 0 aromatic heterocycles. The maximum absolute atomic E-state index is 13.3. The Bertz CT molecular complexity index is 1200. The lowest BCUT2D eigenvalue weighted by Crippen LogP contribution is -2.50. The van der Waals surface area contributed by atoms with Gasteiger partial charge in [-0.25, -0.2) is 12.8 Å². The van der Waals surface area contributed by atoms with Gasteiger partial charge in [0.2, 0.25) is 0 Å². The first kappa shape index (κ1) is 21.1. The molecule has 3 aromatic rings. The molecular formula is C22H18ClFN2O4S. The van der Waals surface area contributed by atoms with Crippen LogP contribution in [0.5, 0.6) is 5.75 Å². The van der Waals surface area contributed by atoms with Gasteiger partial charge < -0.3 is 10.1 Å². The first-order valence-electron chi connectivity index (χ1n) is 9.41. The minimum Gasteiger partial charge on any atom is -0.476 e. The van der Waals surface area contributed by atoms with E-state index in [1.807, 2.05) is 0 Å². The molecule has 0 unspecified atom stereocenters. The number of ether oxygens (including phenoxy) is 1. The number of benzene rings is 3. The van der Waals surface area contributed by atoms with Gasteiger partial charge in [-0.3, -0.25) is 9.10 Å². The van der Waals surface area contributed by atoms with E-state index >= 15 is 0 Å². The van der Waals surface area contributed by atoms with Crippen molar-refractivity contribution in [1.82, 2.24) is 5.32 Å². The topological polar surface area (TPSA) is 75.7 Å². The fourth-order valence-corrected chi connectivity index (χ4v) is 4.81. The van der Waals surface area contributed by atoms with E-state index in [1.54, 1.807) is 36.4 Å². The van der Waals surface area contributed by atoms with Crippen LogP contribution in [0.4, 0.5) is 10.1 Å². The second-order valence-electron chi connectivity index (χ2n) is 6.91. The number of hydrogen-bond acceptors (Lipinski definition) is 4. The fourth-order valence-electron chi connectivity index (χ4n) is 3.21. The monoisotopic (exact) mass is 460 g/mol. The van der Waals surface area contributed by atoms with Crippen molar-refractivity contribution < 1.29 is 22.3 Å². The van der Waals surface area contributed by atoms with E-state index in [1.165, 1.54) is 36.4 Å². The predicted molar refractivity (Wildman–Crippen MR) is 115 cm³/mol. The molecule has 9 heteroatoms. The van der Waals surface area contributed by atoms with Gasteiger partial charge >= 0.3 is 0 Å². The molecule has 0 spiro atoms. The number of carbonyl (C=O) groups is 1. The molecule has 4 rings (SSSR count). The highest BCUT2D eigenvalue weighted by atomic mass is 35.5. The molecule has 1 amide bonds. The van der Waals surface area contributed by atoms with Crippen LogP contribution in [-0.2, 0) is 21.4 Å². The Morgan fingerprint density at radius 1 is 1.06 bits per heavy atom. The van der Waals surface area contributed by atoms with Crippen LogP contribution in [0, 0.1) is 5.82 Å². The summed E-state index contributed by atoms with van der Waals surface area (Å²) in [4.78, 5) is 12.8. The zero-order valence-corrected chi connectivity index (χ0v) is 17.7. The maximum atomic E-state index is 13.3. The van der Waals surface area contributed by atoms with Crippen LogP contribution in [-0.4, -0.2) is 27.0 Å². The number of anilines is 1. The van der Waals surface area contributed by atoms with E-state index in [0.29, 0.717) is 16.3 Å². The summed E-state index contributed by atoms with van der Waals surface area (Å²) < 4.78 is 46.6. The Morgan fingerprint density at radius 3 is 2.45 bits per heavy atom.